The Labute approximate surface area is 85.0 Å². The van der Waals surface area contributed by atoms with Crippen molar-refractivity contribution in [3.05, 3.63) is 0 Å². The number of hydrogen-bond donors (Lipinski definition) is 2. The fourth-order valence-corrected chi connectivity index (χ4v) is 2.25. The van der Waals surface area contributed by atoms with Crippen molar-refractivity contribution in [2.45, 2.75) is 32.4 Å². The Kier molecular flexibility index (Phi) is 5.07. The van der Waals surface area contributed by atoms with Crippen LogP contribution in [0.4, 0.5) is 0 Å². The molecule has 0 radical (unpaired) electrons. The van der Waals surface area contributed by atoms with Gasteiger partial charge in [-0.2, -0.15) is 0 Å². The number of nitrogens with one attached hydrogen (secondary N) is 1. The molecule has 2 unspecified atom stereocenters. The maximum Gasteiger partial charge on any atom is 0.234 e. The van der Waals surface area contributed by atoms with Gasteiger partial charge in [0, 0.05) is 12.3 Å². The first kappa shape index (κ1) is 13.4. The zero-order chi connectivity index (χ0) is 11.4. The summed E-state index contributed by atoms with van der Waals surface area (Å²) >= 11 is 0. The summed E-state index contributed by atoms with van der Waals surface area (Å²) in [4.78, 5) is 10.8. The predicted octanol–water partition coefficient (Wildman–Crippen LogP) is -0.727. The molecule has 0 saturated carbocycles. The van der Waals surface area contributed by atoms with Gasteiger partial charge in [-0.25, -0.2) is 8.42 Å². The topological polar surface area (TPSA) is 89.3 Å². The Hall–Kier alpha value is -0.620. The minimum absolute atomic E-state index is 0.0107. The SMILES string of the molecule is CCC(NC(C)CS(C)(=O)=O)C(N)=O. The van der Waals surface area contributed by atoms with E-state index in [1.165, 1.54) is 0 Å². The third kappa shape index (κ3) is 5.93. The largest absolute Gasteiger partial charge is 0.368 e. The zero-order valence-corrected chi connectivity index (χ0v) is 9.60. The normalized spacial score (nSPS) is 16.2. The number of carbonyl (C=O) groups is 1. The summed E-state index contributed by atoms with van der Waals surface area (Å²) in [5.41, 5.74) is 5.11. The zero-order valence-electron chi connectivity index (χ0n) is 8.78. The van der Waals surface area contributed by atoms with Crippen molar-refractivity contribution in [1.82, 2.24) is 5.32 Å². The minimum atomic E-state index is -3.02. The second kappa shape index (κ2) is 5.31. The van der Waals surface area contributed by atoms with Crippen LogP contribution in [0.2, 0.25) is 0 Å². The highest BCUT2D eigenvalue weighted by molar-refractivity contribution is 7.90. The van der Waals surface area contributed by atoms with E-state index in [4.69, 9.17) is 5.73 Å². The summed E-state index contributed by atoms with van der Waals surface area (Å²) in [6.07, 6.45) is 1.72. The number of rotatable bonds is 6. The Morgan fingerprint density at radius 1 is 1.50 bits per heavy atom. The van der Waals surface area contributed by atoms with E-state index in [2.05, 4.69) is 5.32 Å². The van der Waals surface area contributed by atoms with Gasteiger partial charge in [0.05, 0.1) is 11.8 Å². The fourth-order valence-electron chi connectivity index (χ4n) is 1.25. The van der Waals surface area contributed by atoms with Crippen molar-refractivity contribution in [2.75, 3.05) is 12.0 Å². The molecular weight excluding hydrogens is 204 g/mol. The molecule has 0 aromatic heterocycles. The van der Waals surface area contributed by atoms with Crippen LogP contribution in [0, 0.1) is 0 Å². The van der Waals surface area contributed by atoms with Crippen molar-refractivity contribution >= 4 is 15.7 Å². The number of amides is 1. The van der Waals surface area contributed by atoms with E-state index in [1.54, 1.807) is 6.92 Å². The molecule has 1 amide bonds. The van der Waals surface area contributed by atoms with Crippen LogP contribution in [0.25, 0.3) is 0 Å². The van der Waals surface area contributed by atoms with Crippen LogP contribution in [-0.4, -0.2) is 38.4 Å². The highest BCUT2D eigenvalue weighted by Gasteiger charge is 2.17. The maximum atomic E-state index is 10.9. The third-order valence-corrected chi connectivity index (χ3v) is 2.90. The van der Waals surface area contributed by atoms with Gasteiger partial charge in [0.15, 0.2) is 0 Å². The van der Waals surface area contributed by atoms with Gasteiger partial charge in [-0.1, -0.05) is 6.92 Å². The standard InChI is InChI=1S/C8H18N2O3S/c1-4-7(8(9)11)10-6(2)5-14(3,12)13/h6-7,10H,4-5H2,1-3H3,(H2,9,11). The number of carbonyl (C=O) groups excluding carboxylic acids is 1. The van der Waals surface area contributed by atoms with Crippen molar-refractivity contribution in [1.29, 1.82) is 0 Å². The van der Waals surface area contributed by atoms with Crippen molar-refractivity contribution in [3.8, 4) is 0 Å². The predicted molar refractivity (Wildman–Crippen MR) is 55.6 cm³/mol. The average Bonchev–Trinajstić information content (AvgIpc) is 1.96. The summed E-state index contributed by atoms with van der Waals surface area (Å²) in [5, 5.41) is 2.87. The van der Waals surface area contributed by atoms with E-state index in [-0.39, 0.29) is 11.8 Å². The fraction of sp³-hybridized carbons (Fsp3) is 0.875. The van der Waals surface area contributed by atoms with Crippen LogP contribution in [0.5, 0.6) is 0 Å². The molecule has 0 aliphatic heterocycles. The average molecular weight is 222 g/mol. The molecule has 14 heavy (non-hydrogen) atoms. The molecular formula is C8H18N2O3S. The Bertz CT molecular complexity index is 287. The molecule has 0 aromatic rings. The van der Waals surface area contributed by atoms with Crippen LogP contribution < -0.4 is 11.1 Å². The van der Waals surface area contributed by atoms with E-state index in [0.29, 0.717) is 6.42 Å². The summed E-state index contributed by atoms with van der Waals surface area (Å²) in [6, 6.07) is -0.714. The number of primary amides is 1. The number of sulfone groups is 1. The third-order valence-electron chi connectivity index (χ3n) is 1.79. The minimum Gasteiger partial charge on any atom is -0.368 e. The Balaban J connectivity index is 4.17. The van der Waals surface area contributed by atoms with Crippen LogP contribution in [0.15, 0.2) is 0 Å². The van der Waals surface area contributed by atoms with E-state index < -0.39 is 21.8 Å². The monoisotopic (exact) mass is 222 g/mol. The van der Waals surface area contributed by atoms with E-state index >= 15 is 0 Å². The lowest BCUT2D eigenvalue weighted by Gasteiger charge is -2.18. The summed E-state index contributed by atoms with van der Waals surface area (Å²) < 4.78 is 21.9. The molecule has 2 atom stereocenters. The van der Waals surface area contributed by atoms with Crippen molar-refractivity contribution < 1.29 is 13.2 Å². The smallest absolute Gasteiger partial charge is 0.234 e. The number of hydrogen-bond acceptors (Lipinski definition) is 4. The lowest BCUT2D eigenvalue weighted by molar-refractivity contribution is -0.120. The van der Waals surface area contributed by atoms with Crippen molar-refractivity contribution in [3.63, 3.8) is 0 Å². The lowest BCUT2D eigenvalue weighted by atomic mass is 10.2. The molecule has 0 heterocycles. The second-order valence-electron chi connectivity index (χ2n) is 3.52. The Morgan fingerprint density at radius 3 is 2.29 bits per heavy atom. The molecule has 0 saturated heterocycles. The quantitative estimate of drug-likeness (QED) is 0.620. The Morgan fingerprint density at radius 2 is 2.00 bits per heavy atom. The highest BCUT2D eigenvalue weighted by atomic mass is 32.2. The van der Waals surface area contributed by atoms with Crippen LogP contribution in [0.1, 0.15) is 20.3 Å². The first-order chi connectivity index (χ1) is 6.26. The first-order valence-corrected chi connectivity index (χ1v) is 6.55. The highest BCUT2D eigenvalue weighted by Crippen LogP contribution is 1.96. The molecule has 0 spiro atoms. The molecule has 0 rings (SSSR count). The van der Waals surface area contributed by atoms with Gasteiger partial charge in [0.2, 0.25) is 5.91 Å². The van der Waals surface area contributed by atoms with Gasteiger partial charge < -0.3 is 11.1 Å². The van der Waals surface area contributed by atoms with Gasteiger partial charge in [-0.15, -0.1) is 0 Å². The van der Waals surface area contributed by atoms with E-state index in [0.717, 1.165) is 6.26 Å². The van der Waals surface area contributed by atoms with Crippen molar-refractivity contribution in [2.24, 2.45) is 5.73 Å². The molecule has 0 aliphatic carbocycles. The molecule has 3 N–H and O–H groups in total. The van der Waals surface area contributed by atoms with Gasteiger partial charge in [0.1, 0.15) is 9.84 Å². The van der Waals surface area contributed by atoms with E-state index in [1.807, 2.05) is 6.92 Å². The molecule has 0 aromatic carbocycles. The molecule has 6 heteroatoms. The molecule has 0 bridgehead atoms. The summed E-state index contributed by atoms with van der Waals surface area (Å²) in [7, 11) is -3.02. The van der Waals surface area contributed by atoms with Gasteiger partial charge in [-0.3, -0.25) is 4.79 Å². The molecule has 84 valence electrons. The van der Waals surface area contributed by atoms with Crippen LogP contribution >= 0.6 is 0 Å². The maximum absolute atomic E-state index is 10.9. The first-order valence-electron chi connectivity index (χ1n) is 4.49. The second-order valence-corrected chi connectivity index (χ2v) is 5.71. The van der Waals surface area contributed by atoms with Crippen LogP contribution in [0.3, 0.4) is 0 Å². The van der Waals surface area contributed by atoms with Gasteiger partial charge in [-0.05, 0) is 13.3 Å². The lowest BCUT2D eigenvalue weighted by Crippen LogP contribution is -2.47. The molecule has 5 nitrogen and oxygen atoms in total. The summed E-state index contributed by atoms with van der Waals surface area (Å²) in [5.74, 6) is -0.440. The number of nitrogens with two attached hydrogens (primary N) is 1. The molecule has 0 aliphatic rings. The summed E-state index contributed by atoms with van der Waals surface area (Å²) in [6.45, 7) is 3.53. The van der Waals surface area contributed by atoms with Gasteiger partial charge >= 0.3 is 0 Å². The molecule has 0 fully saturated rings. The van der Waals surface area contributed by atoms with Crippen LogP contribution in [-0.2, 0) is 14.6 Å². The van der Waals surface area contributed by atoms with Gasteiger partial charge in [0.25, 0.3) is 0 Å². The van der Waals surface area contributed by atoms with E-state index in [9.17, 15) is 13.2 Å².